The Labute approximate surface area is 154 Å². The SMILES string of the molecule is CC1(C)C(=O)N(CC(=O)N[C@@H]2CCC[C@H]2C(=O)O)c2ccc(Br)cc21. The molecule has 2 amide bonds. The van der Waals surface area contributed by atoms with Crippen LogP contribution < -0.4 is 10.2 Å². The van der Waals surface area contributed by atoms with Crippen LogP contribution in [0.3, 0.4) is 0 Å². The predicted octanol–water partition coefficient (Wildman–Crippen LogP) is 2.44. The van der Waals surface area contributed by atoms with Gasteiger partial charge in [0.15, 0.2) is 0 Å². The molecule has 2 N–H and O–H groups in total. The summed E-state index contributed by atoms with van der Waals surface area (Å²) in [4.78, 5) is 38.0. The molecule has 0 unspecified atom stereocenters. The Balaban J connectivity index is 1.76. The van der Waals surface area contributed by atoms with E-state index >= 15 is 0 Å². The Hall–Kier alpha value is -1.89. The van der Waals surface area contributed by atoms with Crippen LogP contribution >= 0.6 is 15.9 Å². The van der Waals surface area contributed by atoms with E-state index in [0.29, 0.717) is 12.8 Å². The number of hydrogen-bond acceptors (Lipinski definition) is 3. The highest BCUT2D eigenvalue weighted by atomic mass is 79.9. The summed E-state index contributed by atoms with van der Waals surface area (Å²) in [7, 11) is 0. The summed E-state index contributed by atoms with van der Waals surface area (Å²) in [5, 5.41) is 12.0. The maximum Gasteiger partial charge on any atom is 0.308 e. The number of carboxylic acid groups (broad SMARTS) is 1. The number of anilines is 1. The molecule has 1 heterocycles. The molecule has 0 bridgehead atoms. The first kappa shape index (κ1) is 17.9. The smallest absolute Gasteiger partial charge is 0.308 e. The van der Waals surface area contributed by atoms with Crippen molar-refractivity contribution in [2.45, 2.75) is 44.6 Å². The van der Waals surface area contributed by atoms with Crippen LogP contribution in [0.15, 0.2) is 22.7 Å². The van der Waals surface area contributed by atoms with Gasteiger partial charge >= 0.3 is 5.97 Å². The molecule has 6 nitrogen and oxygen atoms in total. The van der Waals surface area contributed by atoms with E-state index < -0.39 is 17.3 Å². The van der Waals surface area contributed by atoms with E-state index in [1.54, 1.807) is 0 Å². The molecule has 0 spiro atoms. The molecule has 1 saturated carbocycles. The maximum absolute atomic E-state index is 12.8. The van der Waals surface area contributed by atoms with Crippen molar-refractivity contribution in [2.75, 3.05) is 11.4 Å². The lowest BCUT2D eigenvalue weighted by molar-refractivity contribution is -0.142. The zero-order valence-corrected chi connectivity index (χ0v) is 15.8. The summed E-state index contributed by atoms with van der Waals surface area (Å²) < 4.78 is 0.883. The lowest BCUT2D eigenvalue weighted by atomic mass is 9.86. The van der Waals surface area contributed by atoms with Crippen molar-refractivity contribution in [3.8, 4) is 0 Å². The van der Waals surface area contributed by atoms with Gasteiger partial charge in [0.2, 0.25) is 11.8 Å². The van der Waals surface area contributed by atoms with Crippen LogP contribution in [0.4, 0.5) is 5.69 Å². The molecule has 1 aromatic rings. The number of carbonyl (C=O) groups is 3. The van der Waals surface area contributed by atoms with Crippen LogP contribution in [-0.2, 0) is 19.8 Å². The van der Waals surface area contributed by atoms with Gasteiger partial charge in [-0.2, -0.15) is 0 Å². The first-order chi connectivity index (χ1) is 11.7. The van der Waals surface area contributed by atoms with Crippen LogP contribution in [0.25, 0.3) is 0 Å². The number of carboxylic acids is 1. The highest BCUT2D eigenvalue weighted by molar-refractivity contribution is 9.10. The van der Waals surface area contributed by atoms with E-state index in [2.05, 4.69) is 21.2 Å². The molecule has 134 valence electrons. The maximum atomic E-state index is 12.8. The number of rotatable bonds is 4. The van der Waals surface area contributed by atoms with E-state index in [9.17, 15) is 19.5 Å². The van der Waals surface area contributed by atoms with E-state index in [4.69, 9.17) is 0 Å². The highest BCUT2D eigenvalue weighted by Gasteiger charge is 2.44. The van der Waals surface area contributed by atoms with Crippen molar-refractivity contribution in [1.29, 1.82) is 0 Å². The standard InChI is InChI=1S/C18H21BrN2O4/c1-18(2)12-8-10(19)6-7-14(12)21(17(18)25)9-15(22)20-13-5-3-4-11(13)16(23)24/h6-8,11,13H,3-5,9H2,1-2H3,(H,20,22)(H,23,24)/t11-,13-/m1/s1. The normalized spacial score (nSPS) is 24.3. The van der Waals surface area contributed by atoms with E-state index in [0.717, 1.165) is 22.1 Å². The fourth-order valence-electron chi connectivity index (χ4n) is 3.79. The van der Waals surface area contributed by atoms with E-state index in [1.165, 1.54) is 4.90 Å². The average Bonchev–Trinajstić information content (AvgIpc) is 3.06. The van der Waals surface area contributed by atoms with Crippen molar-refractivity contribution in [1.82, 2.24) is 5.32 Å². The molecule has 1 aliphatic heterocycles. The molecule has 1 fully saturated rings. The largest absolute Gasteiger partial charge is 0.481 e. The molecule has 7 heteroatoms. The fraction of sp³-hybridized carbons (Fsp3) is 0.500. The minimum Gasteiger partial charge on any atom is -0.481 e. The van der Waals surface area contributed by atoms with Gasteiger partial charge in [0.05, 0.1) is 11.3 Å². The average molecular weight is 409 g/mol. The number of benzene rings is 1. The second-order valence-electron chi connectivity index (χ2n) is 7.23. The number of fused-ring (bicyclic) bond motifs is 1. The second kappa shape index (κ2) is 6.44. The molecule has 1 aliphatic carbocycles. The first-order valence-electron chi connectivity index (χ1n) is 8.36. The molecular formula is C18H21BrN2O4. The van der Waals surface area contributed by atoms with Gasteiger partial charge in [-0.3, -0.25) is 14.4 Å². The molecular weight excluding hydrogens is 388 g/mol. The van der Waals surface area contributed by atoms with Crippen molar-refractivity contribution in [3.63, 3.8) is 0 Å². The van der Waals surface area contributed by atoms with Crippen LogP contribution in [-0.4, -0.2) is 35.5 Å². The summed E-state index contributed by atoms with van der Waals surface area (Å²) >= 11 is 3.42. The topological polar surface area (TPSA) is 86.7 Å². The van der Waals surface area contributed by atoms with Crippen LogP contribution in [0.5, 0.6) is 0 Å². The van der Waals surface area contributed by atoms with Crippen LogP contribution in [0.2, 0.25) is 0 Å². The fourth-order valence-corrected chi connectivity index (χ4v) is 4.15. The monoisotopic (exact) mass is 408 g/mol. The highest BCUT2D eigenvalue weighted by Crippen LogP contribution is 2.42. The summed E-state index contributed by atoms with van der Waals surface area (Å²) in [5.74, 6) is -1.87. The van der Waals surface area contributed by atoms with Crippen molar-refractivity contribution in [3.05, 3.63) is 28.2 Å². The number of nitrogens with one attached hydrogen (secondary N) is 1. The zero-order chi connectivity index (χ0) is 18.4. The predicted molar refractivity (Wildman–Crippen MR) is 96.4 cm³/mol. The van der Waals surface area contributed by atoms with Crippen LogP contribution in [0.1, 0.15) is 38.7 Å². The van der Waals surface area contributed by atoms with Gasteiger partial charge in [-0.25, -0.2) is 0 Å². The molecule has 2 aliphatic rings. The van der Waals surface area contributed by atoms with Gasteiger partial charge < -0.3 is 15.3 Å². The number of amides is 2. The summed E-state index contributed by atoms with van der Waals surface area (Å²) in [5.41, 5.74) is 0.912. The van der Waals surface area contributed by atoms with Gasteiger partial charge in [-0.1, -0.05) is 22.4 Å². The van der Waals surface area contributed by atoms with Crippen molar-refractivity contribution >= 4 is 39.4 Å². The number of nitrogens with zero attached hydrogens (tertiary/aromatic N) is 1. The molecule has 1 aromatic carbocycles. The Morgan fingerprint density at radius 1 is 1.36 bits per heavy atom. The van der Waals surface area contributed by atoms with Gasteiger partial charge in [0.1, 0.15) is 6.54 Å². The Morgan fingerprint density at radius 3 is 2.76 bits per heavy atom. The third kappa shape index (κ3) is 3.17. The Kier molecular flexibility index (Phi) is 4.62. The number of aliphatic carboxylic acids is 1. The summed E-state index contributed by atoms with van der Waals surface area (Å²) in [6, 6.07) is 5.22. The van der Waals surface area contributed by atoms with Gasteiger partial charge in [-0.05, 0) is 50.5 Å². The Morgan fingerprint density at radius 2 is 2.08 bits per heavy atom. The lowest BCUT2D eigenvalue weighted by Crippen LogP contribution is -2.47. The van der Waals surface area contributed by atoms with Gasteiger partial charge in [0, 0.05) is 16.2 Å². The Bertz CT molecular complexity index is 747. The summed E-state index contributed by atoms with van der Waals surface area (Å²) in [6.07, 6.45) is 2.02. The molecule has 25 heavy (non-hydrogen) atoms. The van der Waals surface area contributed by atoms with E-state index in [1.807, 2.05) is 32.0 Å². The molecule has 0 radical (unpaired) electrons. The van der Waals surface area contributed by atoms with Crippen LogP contribution in [0, 0.1) is 5.92 Å². The molecule has 0 aromatic heterocycles. The van der Waals surface area contributed by atoms with Gasteiger partial charge in [-0.15, -0.1) is 0 Å². The van der Waals surface area contributed by atoms with Crippen molar-refractivity contribution < 1.29 is 19.5 Å². The quantitative estimate of drug-likeness (QED) is 0.800. The third-order valence-corrected chi connectivity index (χ3v) is 5.68. The van der Waals surface area contributed by atoms with Gasteiger partial charge in [0.25, 0.3) is 0 Å². The van der Waals surface area contributed by atoms with Crippen molar-refractivity contribution in [2.24, 2.45) is 5.92 Å². The first-order valence-corrected chi connectivity index (χ1v) is 9.15. The number of hydrogen-bond donors (Lipinski definition) is 2. The number of carbonyl (C=O) groups excluding carboxylic acids is 2. The minimum atomic E-state index is -0.878. The molecule has 3 rings (SSSR count). The van der Waals surface area contributed by atoms with E-state index in [-0.39, 0.29) is 24.4 Å². The third-order valence-electron chi connectivity index (χ3n) is 5.18. The minimum absolute atomic E-state index is 0.0975. The molecule has 0 saturated heterocycles. The lowest BCUT2D eigenvalue weighted by Gasteiger charge is -2.22. The molecule has 2 atom stereocenters. The summed E-state index contributed by atoms with van der Waals surface area (Å²) in [6.45, 7) is 3.59. The zero-order valence-electron chi connectivity index (χ0n) is 14.2. The second-order valence-corrected chi connectivity index (χ2v) is 8.14. The number of halogens is 1.